The Balaban J connectivity index is 2.05. The summed E-state index contributed by atoms with van der Waals surface area (Å²) in [5, 5.41) is 2.00. The highest BCUT2D eigenvalue weighted by atomic mass is 35.5. The van der Waals surface area contributed by atoms with E-state index in [1.165, 1.54) is 12.1 Å². The van der Waals surface area contributed by atoms with Gasteiger partial charge in [0.25, 0.3) is 10.0 Å². The molecule has 0 unspecified atom stereocenters. The summed E-state index contributed by atoms with van der Waals surface area (Å²) in [4.78, 5) is 12.6. The second-order valence-corrected chi connectivity index (χ2v) is 9.67. The number of carbonyl (C=O) groups is 1. The molecule has 1 N–H and O–H groups in total. The van der Waals surface area contributed by atoms with E-state index in [1.807, 2.05) is 13.0 Å². The third kappa shape index (κ3) is 5.85. The number of hydrogen-bond acceptors (Lipinski definition) is 3. The quantitative estimate of drug-likeness (QED) is 0.468. The number of alkyl halides is 3. The minimum atomic E-state index is -4.81. The van der Waals surface area contributed by atoms with E-state index in [0.717, 1.165) is 23.3 Å². The minimum absolute atomic E-state index is 0.167. The van der Waals surface area contributed by atoms with Crippen molar-refractivity contribution >= 4 is 38.9 Å². The average molecular weight is 497 g/mol. The first kappa shape index (κ1) is 24.6. The topological polar surface area (TPSA) is 66.5 Å². The lowest BCUT2D eigenvalue weighted by Crippen LogP contribution is -2.38. The Morgan fingerprint density at radius 3 is 2.24 bits per heavy atom. The number of carbonyl (C=O) groups excluding carboxylic acids is 1. The number of rotatable bonds is 6. The van der Waals surface area contributed by atoms with Gasteiger partial charge < -0.3 is 5.32 Å². The second-order valence-electron chi connectivity index (χ2n) is 7.40. The van der Waals surface area contributed by atoms with Crippen molar-refractivity contribution in [1.29, 1.82) is 0 Å². The number of sulfonamides is 1. The maximum atomic E-state index is 13.4. The molecule has 3 aromatic carbocycles. The summed E-state index contributed by atoms with van der Waals surface area (Å²) in [6.07, 6.45) is -4.81. The smallest absolute Gasteiger partial charge is 0.325 e. The van der Waals surface area contributed by atoms with Crippen LogP contribution < -0.4 is 9.62 Å². The number of nitrogens with zero attached hydrogens (tertiary/aromatic N) is 1. The standard InChI is InChI=1S/C23H20ClF3N2O3S/c1-15-6-9-19(10-7-15)33(31,32)29(14-22(30)28-17-5-3-4-16(2)12-17)18-8-11-21(24)20(13-18)23(25,26)27/h3-13H,14H2,1-2H3,(H,28,30). The van der Waals surface area contributed by atoms with E-state index in [1.54, 1.807) is 37.3 Å². The van der Waals surface area contributed by atoms with Crippen molar-refractivity contribution in [3.8, 4) is 0 Å². The molecule has 1 amide bonds. The number of hydrogen-bond donors (Lipinski definition) is 1. The van der Waals surface area contributed by atoms with Gasteiger partial charge in [-0.25, -0.2) is 8.42 Å². The van der Waals surface area contributed by atoms with E-state index in [9.17, 15) is 26.4 Å². The van der Waals surface area contributed by atoms with Gasteiger partial charge in [0.15, 0.2) is 0 Å². The van der Waals surface area contributed by atoms with Crippen molar-refractivity contribution in [3.05, 3.63) is 88.4 Å². The van der Waals surface area contributed by atoms with Crippen LogP contribution in [0.15, 0.2) is 71.6 Å². The lowest BCUT2D eigenvalue weighted by molar-refractivity contribution is -0.137. The van der Waals surface area contributed by atoms with Crippen molar-refractivity contribution in [2.45, 2.75) is 24.9 Å². The van der Waals surface area contributed by atoms with E-state index < -0.39 is 39.2 Å². The summed E-state index contributed by atoms with van der Waals surface area (Å²) in [7, 11) is -4.38. The summed E-state index contributed by atoms with van der Waals surface area (Å²) < 4.78 is 67.6. The molecule has 0 bridgehead atoms. The largest absolute Gasteiger partial charge is 0.417 e. The Bertz CT molecular complexity index is 1280. The van der Waals surface area contributed by atoms with E-state index in [-0.39, 0.29) is 10.6 Å². The van der Waals surface area contributed by atoms with E-state index in [2.05, 4.69) is 5.32 Å². The number of anilines is 2. The third-order valence-corrected chi connectivity index (χ3v) is 6.86. The van der Waals surface area contributed by atoms with Crippen LogP contribution >= 0.6 is 11.6 Å². The van der Waals surface area contributed by atoms with Gasteiger partial charge in [-0.05, 0) is 61.9 Å². The van der Waals surface area contributed by atoms with E-state index >= 15 is 0 Å². The second kappa shape index (κ2) is 9.44. The van der Waals surface area contributed by atoms with Gasteiger partial charge in [0.2, 0.25) is 5.91 Å². The highest BCUT2D eigenvalue weighted by molar-refractivity contribution is 7.92. The SMILES string of the molecule is Cc1ccc(S(=O)(=O)N(CC(=O)Nc2cccc(C)c2)c2ccc(Cl)c(C(F)(F)F)c2)cc1. The summed E-state index contributed by atoms with van der Waals surface area (Å²) in [5.41, 5.74) is 0.546. The van der Waals surface area contributed by atoms with E-state index in [0.29, 0.717) is 16.1 Å². The van der Waals surface area contributed by atoms with Crippen LogP contribution in [0.2, 0.25) is 5.02 Å². The van der Waals surface area contributed by atoms with Crippen LogP contribution in [-0.4, -0.2) is 20.9 Å². The average Bonchev–Trinajstić information content (AvgIpc) is 2.72. The molecule has 10 heteroatoms. The molecule has 0 spiro atoms. The molecule has 3 rings (SSSR count). The third-order valence-electron chi connectivity index (χ3n) is 4.74. The summed E-state index contributed by atoms with van der Waals surface area (Å²) in [5.74, 6) is -0.722. The molecule has 5 nitrogen and oxygen atoms in total. The fraction of sp³-hybridized carbons (Fsp3) is 0.174. The molecule has 0 heterocycles. The minimum Gasteiger partial charge on any atom is -0.325 e. The highest BCUT2D eigenvalue weighted by Gasteiger charge is 2.35. The number of amides is 1. The molecule has 33 heavy (non-hydrogen) atoms. The van der Waals surface area contributed by atoms with Gasteiger partial charge in [0, 0.05) is 5.69 Å². The predicted molar refractivity (Wildman–Crippen MR) is 122 cm³/mol. The first-order valence-corrected chi connectivity index (χ1v) is 11.5. The maximum absolute atomic E-state index is 13.4. The zero-order valence-electron chi connectivity index (χ0n) is 17.7. The summed E-state index contributed by atoms with van der Waals surface area (Å²) >= 11 is 5.69. The van der Waals surface area contributed by atoms with Crippen molar-refractivity contribution in [2.75, 3.05) is 16.2 Å². The highest BCUT2D eigenvalue weighted by Crippen LogP contribution is 2.38. The van der Waals surface area contributed by atoms with Crippen molar-refractivity contribution < 1.29 is 26.4 Å². The molecular formula is C23H20ClF3N2O3S. The van der Waals surface area contributed by atoms with E-state index in [4.69, 9.17) is 11.6 Å². The maximum Gasteiger partial charge on any atom is 0.417 e. The Hall–Kier alpha value is -3.04. The summed E-state index contributed by atoms with van der Waals surface area (Å²) in [6, 6.07) is 15.3. The number of nitrogens with one attached hydrogen (secondary N) is 1. The molecule has 174 valence electrons. The van der Waals surface area contributed by atoms with Gasteiger partial charge >= 0.3 is 6.18 Å². The van der Waals surface area contributed by atoms with Crippen molar-refractivity contribution in [3.63, 3.8) is 0 Å². The monoisotopic (exact) mass is 496 g/mol. The molecule has 0 saturated carbocycles. The lowest BCUT2D eigenvalue weighted by atomic mass is 10.2. The van der Waals surface area contributed by atoms with Crippen LogP contribution in [0, 0.1) is 13.8 Å². The molecule has 0 radical (unpaired) electrons. The van der Waals surface area contributed by atoms with Gasteiger partial charge in [-0.3, -0.25) is 9.10 Å². The Morgan fingerprint density at radius 2 is 1.64 bits per heavy atom. The van der Waals surface area contributed by atoms with Crippen LogP contribution in [-0.2, 0) is 21.0 Å². The lowest BCUT2D eigenvalue weighted by Gasteiger charge is -2.25. The van der Waals surface area contributed by atoms with Gasteiger partial charge in [0.05, 0.1) is 21.2 Å². The molecule has 0 aliphatic rings. The molecule has 0 saturated heterocycles. The first-order chi connectivity index (χ1) is 15.4. The molecule has 0 fully saturated rings. The van der Waals surface area contributed by atoms with Crippen LogP contribution in [0.1, 0.15) is 16.7 Å². The molecule has 0 aliphatic heterocycles. The van der Waals surface area contributed by atoms with Gasteiger partial charge in [-0.15, -0.1) is 0 Å². The van der Waals surface area contributed by atoms with Crippen LogP contribution in [0.5, 0.6) is 0 Å². The van der Waals surface area contributed by atoms with Gasteiger partial charge in [-0.1, -0.05) is 41.4 Å². The zero-order chi connectivity index (χ0) is 24.4. The van der Waals surface area contributed by atoms with Crippen molar-refractivity contribution in [2.24, 2.45) is 0 Å². The Labute approximate surface area is 194 Å². The first-order valence-electron chi connectivity index (χ1n) is 9.70. The molecule has 0 aromatic heterocycles. The zero-order valence-corrected chi connectivity index (χ0v) is 19.2. The molecular weight excluding hydrogens is 477 g/mol. The molecule has 0 aliphatic carbocycles. The Kier molecular flexibility index (Phi) is 7.04. The molecule has 0 atom stereocenters. The van der Waals surface area contributed by atoms with Gasteiger partial charge in [0.1, 0.15) is 6.54 Å². The van der Waals surface area contributed by atoms with Crippen LogP contribution in [0.4, 0.5) is 24.5 Å². The predicted octanol–water partition coefficient (Wildman–Crippen LogP) is 5.81. The summed E-state index contributed by atoms with van der Waals surface area (Å²) in [6.45, 7) is 2.83. The normalized spacial score (nSPS) is 11.8. The van der Waals surface area contributed by atoms with Crippen LogP contribution in [0.3, 0.4) is 0 Å². The fourth-order valence-electron chi connectivity index (χ4n) is 3.09. The number of halogens is 4. The van der Waals surface area contributed by atoms with Gasteiger partial charge in [-0.2, -0.15) is 13.2 Å². The Morgan fingerprint density at radius 1 is 0.970 bits per heavy atom. The van der Waals surface area contributed by atoms with Crippen molar-refractivity contribution in [1.82, 2.24) is 0 Å². The number of benzene rings is 3. The molecule has 3 aromatic rings. The number of aryl methyl sites for hydroxylation is 2. The fourth-order valence-corrected chi connectivity index (χ4v) is 4.73. The van der Waals surface area contributed by atoms with Crippen LogP contribution in [0.25, 0.3) is 0 Å².